The number of likely N-dealkylation sites (tertiary alicyclic amines) is 1. The van der Waals surface area contributed by atoms with Crippen LogP contribution in [0.5, 0.6) is 0 Å². The Balaban J connectivity index is 1.29. The highest BCUT2D eigenvalue weighted by Crippen LogP contribution is 2.44. The molecule has 0 spiro atoms. The number of hydrogen-bond acceptors (Lipinski definition) is 4. The summed E-state index contributed by atoms with van der Waals surface area (Å²) in [6, 6.07) is 16.3. The summed E-state index contributed by atoms with van der Waals surface area (Å²) >= 11 is 0. The molecule has 2 aromatic carbocycles. The first-order chi connectivity index (χ1) is 16.0. The van der Waals surface area contributed by atoms with Crippen molar-refractivity contribution in [3.63, 3.8) is 0 Å². The molecule has 1 unspecified atom stereocenters. The Morgan fingerprint density at radius 3 is 2.15 bits per heavy atom. The fraction of sp³-hybridized carbons (Fsp3) is 0.423. The second-order valence-electron chi connectivity index (χ2n) is 8.75. The number of aliphatic carboxylic acids is 1. The van der Waals surface area contributed by atoms with Gasteiger partial charge in [-0.15, -0.1) is 0 Å². The highest BCUT2D eigenvalue weighted by atomic mass is 16.5. The summed E-state index contributed by atoms with van der Waals surface area (Å²) in [7, 11) is 0. The third kappa shape index (κ3) is 4.87. The number of hydrogen-bond donors (Lipinski definition) is 2. The third-order valence-electron chi connectivity index (χ3n) is 6.83. The zero-order valence-electron chi connectivity index (χ0n) is 18.8. The number of ether oxygens (including phenoxy) is 1. The van der Waals surface area contributed by atoms with E-state index in [-0.39, 0.29) is 36.8 Å². The summed E-state index contributed by atoms with van der Waals surface area (Å²) in [4.78, 5) is 38.1. The van der Waals surface area contributed by atoms with Crippen molar-refractivity contribution in [1.29, 1.82) is 0 Å². The molecule has 2 aliphatic rings. The minimum atomic E-state index is -0.800. The van der Waals surface area contributed by atoms with Crippen LogP contribution in [0, 0.1) is 11.8 Å². The molecule has 1 aliphatic heterocycles. The second-order valence-corrected chi connectivity index (χ2v) is 8.75. The number of rotatable bonds is 7. The van der Waals surface area contributed by atoms with Crippen LogP contribution in [0.1, 0.15) is 43.2 Å². The molecule has 0 bridgehead atoms. The molecule has 1 fully saturated rings. The van der Waals surface area contributed by atoms with Crippen molar-refractivity contribution in [2.75, 3.05) is 26.2 Å². The van der Waals surface area contributed by atoms with Gasteiger partial charge < -0.3 is 20.1 Å². The monoisotopic (exact) mass is 450 g/mol. The topological polar surface area (TPSA) is 95.9 Å². The van der Waals surface area contributed by atoms with Crippen molar-refractivity contribution in [3.8, 4) is 11.1 Å². The van der Waals surface area contributed by atoms with Crippen molar-refractivity contribution >= 4 is 18.0 Å². The lowest BCUT2D eigenvalue weighted by Gasteiger charge is -2.32. The highest BCUT2D eigenvalue weighted by Gasteiger charge is 2.31. The molecule has 1 heterocycles. The van der Waals surface area contributed by atoms with Gasteiger partial charge in [0.25, 0.3) is 0 Å². The van der Waals surface area contributed by atoms with Crippen LogP contribution in [0.15, 0.2) is 48.5 Å². The van der Waals surface area contributed by atoms with Crippen molar-refractivity contribution in [2.24, 2.45) is 11.8 Å². The zero-order chi connectivity index (χ0) is 23.4. The normalized spacial score (nSPS) is 16.6. The Hall–Kier alpha value is -3.35. The van der Waals surface area contributed by atoms with Crippen molar-refractivity contribution in [3.05, 3.63) is 59.7 Å². The molecule has 1 atom stereocenters. The van der Waals surface area contributed by atoms with Crippen LogP contribution in [0.4, 0.5) is 4.79 Å². The molecule has 2 N–H and O–H groups in total. The van der Waals surface area contributed by atoms with E-state index in [0.29, 0.717) is 32.4 Å². The lowest BCUT2D eigenvalue weighted by molar-refractivity contribution is -0.146. The van der Waals surface area contributed by atoms with Crippen molar-refractivity contribution in [1.82, 2.24) is 10.2 Å². The molecule has 33 heavy (non-hydrogen) atoms. The van der Waals surface area contributed by atoms with Crippen LogP contribution in [0.25, 0.3) is 11.1 Å². The quantitative estimate of drug-likeness (QED) is 0.668. The van der Waals surface area contributed by atoms with Gasteiger partial charge >= 0.3 is 12.1 Å². The van der Waals surface area contributed by atoms with Gasteiger partial charge in [0.05, 0.1) is 11.8 Å². The van der Waals surface area contributed by atoms with Crippen molar-refractivity contribution < 1.29 is 24.2 Å². The summed E-state index contributed by atoms with van der Waals surface area (Å²) in [5.41, 5.74) is 4.64. The number of carbonyl (C=O) groups excluding carboxylic acids is 2. The Morgan fingerprint density at radius 2 is 1.61 bits per heavy atom. The molecule has 0 radical (unpaired) electrons. The van der Waals surface area contributed by atoms with Gasteiger partial charge in [0, 0.05) is 25.6 Å². The summed E-state index contributed by atoms with van der Waals surface area (Å²) < 4.78 is 5.56. The first kappa shape index (κ1) is 22.8. The standard InChI is InChI=1S/C26H30N2O5/c1-2-17(24(29)28-13-11-18(12-14-28)25(30)31)15-27-26(32)33-16-23-21-9-5-3-7-19(21)20-8-4-6-10-22(20)23/h3-10,17-18,23H,2,11-16H2,1H3,(H,27,32)(H,30,31). The lowest BCUT2D eigenvalue weighted by atomic mass is 9.95. The molecule has 0 aromatic heterocycles. The average molecular weight is 451 g/mol. The molecule has 174 valence electrons. The number of benzene rings is 2. The van der Waals surface area contributed by atoms with Gasteiger partial charge in [-0.05, 0) is 41.5 Å². The van der Waals surface area contributed by atoms with Crippen LogP contribution in [0.3, 0.4) is 0 Å². The van der Waals surface area contributed by atoms with Gasteiger partial charge in [0.15, 0.2) is 0 Å². The minimum absolute atomic E-state index is 0.0118. The highest BCUT2D eigenvalue weighted by molar-refractivity contribution is 5.81. The number of alkyl carbamates (subject to hydrolysis) is 1. The van der Waals surface area contributed by atoms with Gasteiger partial charge in [-0.1, -0.05) is 55.5 Å². The first-order valence-corrected chi connectivity index (χ1v) is 11.6. The largest absolute Gasteiger partial charge is 0.481 e. The predicted octanol–water partition coefficient (Wildman–Crippen LogP) is 3.87. The molecule has 2 aromatic rings. The Kier molecular flexibility index (Phi) is 6.96. The van der Waals surface area contributed by atoms with E-state index in [0.717, 1.165) is 11.1 Å². The fourth-order valence-electron chi connectivity index (χ4n) is 4.87. The smallest absolute Gasteiger partial charge is 0.407 e. The number of carbonyl (C=O) groups is 3. The van der Waals surface area contributed by atoms with Gasteiger partial charge in [-0.3, -0.25) is 9.59 Å². The Labute approximate surface area is 193 Å². The fourth-order valence-corrected chi connectivity index (χ4v) is 4.87. The van der Waals surface area contributed by atoms with Crippen LogP contribution in [-0.4, -0.2) is 54.2 Å². The number of fused-ring (bicyclic) bond motifs is 3. The van der Waals surface area contributed by atoms with Crippen LogP contribution in [0.2, 0.25) is 0 Å². The molecule has 1 aliphatic carbocycles. The van der Waals surface area contributed by atoms with E-state index in [1.165, 1.54) is 11.1 Å². The average Bonchev–Trinajstić information content (AvgIpc) is 3.16. The predicted molar refractivity (Wildman–Crippen MR) is 124 cm³/mol. The molecule has 1 saturated heterocycles. The maximum absolute atomic E-state index is 12.8. The van der Waals surface area contributed by atoms with Gasteiger partial charge in [-0.25, -0.2) is 4.79 Å². The van der Waals surface area contributed by atoms with Crippen LogP contribution < -0.4 is 5.32 Å². The molecular weight excluding hydrogens is 420 g/mol. The number of carboxylic acids is 1. The van der Waals surface area contributed by atoms with E-state index < -0.39 is 12.1 Å². The second kappa shape index (κ2) is 10.1. The Bertz CT molecular complexity index is 983. The van der Waals surface area contributed by atoms with Gasteiger partial charge in [0.1, 0.15) is 6.61 Å². The molecular formula is C26H30N2O5. The minimum Gasteiger partial charge on any atom is -0.481 e. The first-order valence-electron chi connectivity index (χ1n) is 11.6. The van der Waals surface area contributed by atoms with Gasteiger partial charge in [0.2, 0.25) is 5.91 Å². The molecule has 2 amide bonds. The number of amides is 2. The number of piperidine rings is 1. The lowest BCUT2D eigenvalue weighted by Crippen LogP contribution is -2.45. The summed E-state index contributed by atoms with van der Waals surface area (Å²) in [5, 5.41) is 11.9. The maximum atomic E-state index is 12.8. The summed E-state index contributed by atoms with van der Waals surface area (Å²) in [6.07, 6.45) is 0.989. The van der Waals surface area contributed by atoms with E-state index in [1.54, 1.807) is 4.90 Å². The summed E-state index contributed by atoms with van der Waals surface area (Å²) in [5.74, 6) is -1.59. The van der Waals surface area contributed by atoms with Gasteiger partial charge in [-0.2, -0.15) is 0 Å². The zero-order valence-corrected chi connectivity index (χ0v) is 18.8. The van der Waals surface area contributed by atoms with Crippen LogP contribution >= 0.6 is 0 Å². The van der Waals surface area contributed by atoms with E-state index >= 15 is 0 Å². The number of carboxylic acid groups (broad SMARTS) is 1. The van der Waals surface area contributed by atoms with Crippen LogP contribution in [-0.2, 0) is 14.3 Å². The third-order valence-corrected chi connectivity index (χ3v) is 6.83. The number of nitrogens with one attached hydrogen (secondary N) is 1. The number of nitrogens with zero attached hydrogens (tertiary/aromatic N) is 1. The summed E-state index contributed by atoms with van der Waals surface area (Å²) in [6.45, 7) is 3.22. The maximum Gasteiger partial charge on any atom is 0.407 e. The molecule has 7 heteroatoms. The SMILES string of the molecule is CCC(CNC(=O)OCC1c2ccccc2-c2ccccc21)C(=O)N1CCC(C(=O)O)CC1. The molecule has 7 nitrogen and oxygen atoms in total. The Morgan fingerprint density at radius 1 is 1.03 bits per heavy atom. The van der Waals surface area contributed by atoms with E-state index in [2.05, 4.69) is 29.6 Å². The van der Waals surface area contributed by atoms with E-state index in [4.69, 9.17) is 9.84 Å². The van der Waals surface area contributed by atoms with E-state index in [9.17, 15) is 14.4 Å². The van der Waals surface area contributed by atoms with Crippen molar-refractivity contribution in [2.45, 2.75) is 32.1 Å². The molecule has 4 rings (SSSR count). The molecule has 0 saturated carbocycles. The van der Waals surface area contributed by atoms with E-state index in [1.807, 2.05) is 31.2 Å².